The molecule has 1 aromatic rings. The van der Waals surface area contributed by atoms with Gasteiger partial charge >= 0.3 is 11.2 Å². The third-order valence-electron chi connectivity index (χ3n) is 4.51. The first-order valence-corrected chi connectivity index (χ1v) is 9.74. The molecule has 0 spiro atoms. The zero-order chi connectivity index (χ0) is 19.0. The lowest BCUT2D eigenvalue weighted by Gasteiger charge is -2.30. The quantitative estimate of drug-likeness (QED) is 0.762. The Morgan fingerprint density at radius 2 is 1.81 bits per heavy atom. The number of nitrogens with zero attached hydrogens (tertiary/aromatic N) is 4. The third-order valence-corrected chi connectivity index (χ3v) is 5.93. The normalized spacial score (nSPS) is 20.2. The molecule has 0 bridgehead atoms. The van der Waals surface area contributed by atoms with E-state index in [1.165, 1.54) is 22.4 Å². The molecule has 0 saturated carbocycles. The molecular weight excluding hydrogens is 348 g/mol. The summed E-state index contributed by atoms with van der Waals surface area (Å²) < 4.78 is 2.02. The van der Waals surface area contributed by atoms with Crippen LogP contribution in [0.3, 0.4) is 0 Å². The van der Waals surface area contributed by atoms with Crippen LogP contribution in [0.25, 0.3) is 0 Å². The lowest BCUT2D eigenvalue weighted by molar-refractivity contribution is -0.548. The van der Waals surface area contributed by atoms with Crippen LogP contribution in [0.15, 0.2) is 29.3 Å². The van der Waals surface area contributed by atoms with Gasteiger partial charge in [-0.1, -0.05) is 43.7 Å². The molecule has 2 aliphatic rings. The van der Waals surface area contributed by atoms with Crippen LogP contribution in [-0.4, -0.2) is 63.2 Å². The van der Waals surface area contributed by atoms with Gasteiger partial charge in [-0.2, -0.15) is 0 Å². The molecular formula is C19H25N4O2S+. The molecule has 138 valence electrons. The number of carbonyl (C=O) groups is 2. The van der Waals surface area contributed by atoms with Crippen molar-refractivity contribution in [2.75, 3.05) is 19.8 Å². The van der Waals surface area contributed by atoms with Gasteiger partial charge in [0.25, 0.3) is 17.8 Å². The summed E-state index contributed by atoms with van der Waals surface area (Å²) in [6, 6.07) is 7.40. The molecule has 3 rings (SSSR count). The number of aliphatic imine (C=N–C) groups is 1. The first-order valence-electron chi connectivity index (χ1n) is 8.75. The summed E-state index contributed by atoms with van der Waals surface area (Å²) in [4.78, 5) is 32.4. The number of fused-ring (bicyclic) bond motifs is 1. The van der Waals surface area contributed by atoms with E-state index >= 15 is 0 Å². The average molecular weight is 374 g/mol. The predicted molar refractivity (Wildman–Crippen MR) is 105 cm³/mol. The van der Waals surface area contributed by atoms with Gasteiger partial charge in [0.15, 0.2) is 0 Å². The van der Waals surface area contributed by atoms with Gasteiger partial charge in [0.1, 0.15) is 6.54 Å². The van der Waals surface area contributed by atoms with E-state index in [1.54, 1.807) is 18.8 Å². The second-order valence-corrected chi connectivity index (χ2v) is 8.20. The Labute approximate surface area is 158 Å². The van der Waals surface area contributed by atoms with Crippen LogP contribution < -0.4 is 0 Å². The van der Waals surface area contributed by atoms with Gasteiger partial charge in [0, 0.05) is 19.8 Å². The summed E-state index contributed by atoms with van der Waals surface area (Å²) in [5, 5.41) is 0.808. The number of aryl methyl sites for hydroxylation is 1. The molecule has 1 aromatic carbocycles. The summed E-state index contributed by atoms with van der Waals surface area (Å²) in [7, 11) is 3.21. The number of hydrogen-bond acceptors (Lipinski definition) is 4. The lowest BCUT2D eigenvalue weighted by Crippen LogP contribution is -2.61. The Kier molecular flexibility index (Phi) is 5.18. The SMILES string of the molecule is Cc1ccc(C[N+]2=C(SCC(C)C)N=C3C2C(=O)N(C)C(=O)N3C)cc1. The van der Waals surface area contributed by atoms with E-state index in [2.05, 4.69) is 50.0 Å². The van der Waals surface area contributed by atoms with E-state index < -0.39 is 6.04 Å². The average Bonchev–Trinajstić information content (AvgIpc) is 2.96. The van der Waals surface area contributed by atoms with Crippen molar-refractivity contribution in [2.45, 2.75) is 33.4 Å². The number of carbonyl (C=O) groups excluding carboxylic acids is 2. The highest BCUT2D eigenvalue weighted by Crippen LogP contribution is 2.25. The Bertz CT molecular complexity index is 798. The van der Waals surface area contributed by atoms with Gasteiger partial charge in [-0.05, 0) is 35.2 Å². The summed E-state index contributed by atoms with van der Waals surface area (Å²) in [6.07, 6.45) is 0. The third kappa shape index (κ3) is 3.40. The van der Waals surface area contributed by atoms with Crippen LogP contribution in [0, 0.1) is 12.8 Å². The number of thioether (sulfide) groups is 1. The number of amidine groups is 2. The van der Waals surface area contributed by atoms with Crippen LogP contribution in [0.1, 0.15) is 25.0 Å². The molecule has 2 aliphatic heterocycles. The van der Waals surface area contributed by atoms with E-state index in [4.69, 9.17) is 0 Å². The fourth-order valence-corrected chi connectivity index (χ4v) is 3.96. The zero-order valence-electron chi connectivity index (χ0n) is 15.9. The number of urea groups is 1. The maximum Gasteiger partial charge on any atom is 0.358 e. The Balaban J connectivity index is 1.98. The van der Waals surface area contributed by atoms with Crippen LogP contribution in [0.5, 0.6) is 0 Å². The van der Waals surface area contributed by atoms with E-state index in [0.717, 1.165) is 16.5 Å². The van der Waals surface area contributed by atoms with Crippen molar-refractivity contribution in [1.82, 2.24) is 9.80 Å². The highest BCUT2D eigenvalue weighted by molar-refractivity contribution is 8.13. The second-order valence-electron chi connectivity index (χ2n) is 7.21. The van der Waals surface area contributed by atoms with Crippen LogP contribution in [-0.2, 0) is 11.3 Å². The largest absolute Gasteiger partial charge is 0.358 e. The van der Waals surface area contributed by atoms with Crippen LogP contribution in [0.2, 0.25) is 0 Å². The highest BCUT2D eigenvalue weighted by Gasteiger charge is 2.53. The van der Waals surface area contributed by atoms with E-state index in [1.807, 2.05) is 4.58 Å². The number of rotatable bonds is 4. The molecule has 1 unspecified atom stereocenters. The number of benzene rings is 1. The molecule has 1 fully saturated rings. The molecule has 0 N–H and O–H groups in total. The maximum absolute atomic E-state index is 12.8. The number of hydrogen-bond donors (Lipinski definition) is 0. The molecule has 7 heteroatoms. The fraction of sp³-hybridized carbons (Fsp3) is 0.474. The maximum atomic E-state index is 12.8. The number of likely N-dealkylation sites (N-methyl/N-ethyl adjacent to an activating group) is 2. The first-order chi connectivity index (χ1) is 12.3. The van der Waals surface area contributed by atoms with Crippen molar-refractivity contribution in [2.24, 2.45) is 10.9 Å². The highest BCUT2D eigenvalue weighted by atomic mass is 32.2. The summed E-state index contributed by atoms with van der Waals surface area (Å²) in [5.41, 5.74) is 2.31. The van der Waals surface area contributed by atoms with Gasteiger partial charge in [0.05, 0.1) is 0 Å². The van der Waals surface area contributed by atoms with Crippen LogP contribution in [0.4, 0.5) is 4.79 Å². The molecule has 6 nitrogen and oxygen atoms in total. The smallest absolute Gasteiger partial charge is 0.269 e. The summed E-state index contributed by atoms with van der Waals surface area (Å²) in [5.74, 6) is 1.72. The topological polar surface area (TPSA) is 56.0 Å². The molecule has 2 heterocycles. The Morgan fingerprint density at radius 3 is 2.42 bits per heavy atom. The minimum Gasteiger partial charge on any atom is -0.269 e. The van der Waals surface area contributed by atoms with Crippen molar-refractivity contribution in [1.29, 1.82) is 0 Å². The summed E-state index contributed by atoms with van der Waals surface area (Å²) in [6.45, 7) is 6.94. The molecule has 0 aliphatic carbocycles. The molecule has 0 radical (unpaired) electrons. The van der Waals surface area contributed by atoms with Crippen LogP contribution >= 0.6 is 11.8 Å². The van der Waals surface area contributed by atoms with E-state index in [0.29, 0.717) is 18.3 Å². The minimum absolute atomic E-state index is 0.223. The molecule has 1 saturated heterocycles. The van der Waals surface area contributed by atoms with E-state index in [9.17, 15) is 9.59 Å². The van der Waals surface area contributed by atoms with Crippen molar-refractivity contribution < 1.29 is 14.2 Å². The Morgan fingerprint density at radius 1 is 1.15 bits per heavy atom. The van der Waals surface area contributed by atoms with Crippen molar-refractivity contribution in [3.05, 3.63) is 35.4 Å². The van der Waals surface area contributed by atoms with Crippen molar-refractivity contribution in [3.8, 4) is 0 Å². The fourth-order valence-electron chi connectivity index (χ4n) is 2.98. The second kappa shape index (κ2) is 7.23. The van der Waals surface area contributed by atoms with Gasteiger partial charge in [0.2, 0.25) is 0 Å². The molecule has 0 aromatic heterocycles. The van der Waals surface area contributed by atoms with Gasteiger partial charge in [-0.3, -0.25) is 14.6 Å². The number of amides is 3. The predicted octanol–water partition coefficient (Wildman–Crippen LogP) is 2.56. The molecule has 1 atom stereocenters. The van der Waals surface area contributed by atoms with Gasteiger partial charge in [-0.15, -0.1) is 0 Å². The van der Waals surface area contributed by atoms with Gasteiger partial charge < -0.3 is 0 Å². The monoisotopic (exact) mass is 373 g/mol. The lowest BCUT2D eigenvalue weighted by atomic mass is 10.1. The standard InChI is InChI=1S/C19H25N4O2S/c1-12(2)11-26-18-20-16-15(17(24)22(5)19(25)21(16)4)23(18)10-14-8-6-13(3)7-9-14/h6-9,12,15H,10-11H2,1-5H3/q+1. The van der Waals surface area contributed by atoms with Crippen molar-refractivity contribution >= 4 is 34.7 Å². The van der Waals surface area contributed by atoms with Crippen molar-refractivity contribution in [3.63, 3.8) is 0 Å². The van der Waals surface area contributed by atoms with Gasteiger partial charge in [-0.25, -0.2) is 9.37 Å². The first kappa shape index (κ1) is 18.6. The zero-order valence-corrected chi connectivity index (χ0v) is 16.7. The van der Waals surface area contributed by atoms with E-state index in [-0.39, 0.29) is 11.9 Å². The molecule has 26 heavy (non-hydrogen) atoms. The Hall–Kier alpha value is -2.15. The minimum atomic E-state index is -0.543. The summed E-state index contributed by atoms with van der Waals surface area (Å²) >= 11 is 1.64. The molecule has 3 amide bonds. The number of imide groups is 1.